The maximum atomic E-state index is 13.2. The molecule has 0 radical (unpaired) electrons. The predicted molar refractivity (Wildman–Crippen MR) is 135 cm³/mol. The van der Waals surface area contributed by atoms with Gasteiger partial charge in [0.2, 0.25) is 10.0 Å². The number of nitriles is 1. The van der Waals surface area contributed by atoms with E-state index in [0.717, 1.165) is 52.0 Å². The lowest BCUT2D eigenvalue weighted by atomic mass is 10.0. The van der Waals surface area contributed by atoms with Crippen molar-refractivity contribution in [2.24, 2.45) is 0 Å². The molecular formula is C25H33ClN4O3S. The van der Waals surface area contributed by atoms with Gasteiger partial charge < -0.3 is 4.74 Å². The Kier molecular flexibility index (Phi) is 9.34. The lowest BCUT2D eigenvalue weighted by Gasteiger charge is -2.38. The molecule has 0 amide bonds. The fraction of sp³-hybridized carbons (Fsp3) is 0.480. The van der Waals surface area contributed by atoms with Crippen molar-refractivity contribution < 1.29 is 13.2 Å². The number of benzene rings is 2. The summed E-state index contributed by atoms with van der Waals surface area (Å²) in [6.45, 7) is 5.66. The van der Waals surface area contributed by atoms with Crippen LogP contribution in [0, 0.1) is 11.3 Å². The Morgan fingerprint density at radius 1 is 1.00 bits per heavy atom. The standard InChI is InChI=1S/C25H32N4O3S.ClH/c1-32-24-7-3-8-25(18-24)33(30,31)29-12-4-11-28(15-16-29)23-9-13-27(14-10-23)20-22-6-2-5-21(17-22)19-26;/h2-3,5-8,17-18,23H,4,9-16,20H2,1H3;1H. The van der Waals surface area contributed by atoms with Gasteiger partial charge in [-0.15, -0.1) is 12.4 Å². The molecule has 2 aromatic rings. The van der Waals surface area contributed by atoms with Gasteiger partial charge in [-0.25, -0.2) is 8.42 Å². The fourth-order valence-electron chi connectivity index (χ4n) is 4.87. The molecule has 2 fully saturated rings. The third-order valence-corrected chi connectivity index (χ3v) is 8.60. The van der Waals surface area contributed by atoms with Crippen LogP contribution >= 0.6 is 12.4 Å². The van der Waals surface area contributed by atoms with E-state index in [2.05, 4.69) is 21.9 Å². The smallest absolute Gasteiger partial charge is 0.243 e. The van der Waals surface area contributed by atoms with Crippen LogP contribution in [0.3, 0.4) is 0 Å². The molecule has 2 saturated heterocycles. The molecule has 9 heteroatoms. The number of piperidine rings is 1. The number of halogens is 1. The van der Waals surface area contributed by atoms with E-state index in [1.54, 1.807) is 35.7 Å². The van der Waals surface area contributed by atoms with E-state index < -0.39 is 10.0 Å². The summed E-state index contributed by atoms with van der Waals surface area (Å²) < 4.78 is 33.2. The number of methoxy groups -OCH3 is 1. The van der Waals surface area contributed by atoms with E-state index in [9.17, 15) is 8.42 Å². The van der Waals surface area contributed by atoms with Crippen molar-refractivity contribution >= 4 is 22.4 Å². The molecule has 0 aliphatic carbocycles. The number of hydrogen-bond acceptors (Lipinski definition) is 6. The highest BCUT2D eigenvalue weighted by atomic mass is 35.5. The fourth-order valence-corrected chi connectivity index (χ4v) is 6.38. The van der Waals surface area contributed by atoms with E-state index >= 15 is 0 Å². The van der Waals surface area contributed by atoms with Gasteiger partial charge in [0.1, 0.15) is 5.75 Å². The van der Waals surface area contributed by atoms with Crippen molar-refractivity contribution in [1.82, 2.24) is 14.1 Å². The molecule has 0 aromatic heterocycles. The van der Waals surface area contributed by atoms with Gasteiger partial charge in [0.05, 0.1) is 23.6 Å². The molecule has 0 spiro atoms. The predicted octanol–water partition coefficient (Wildman–Crippen LogP) is 3.35. The minimum atomic E-state index is -3.53. The molecule has 0 bridgehead atoms. The van der Waals surface area contributed by atoms with Crippen LogP contribution < -0.4 is 4.74 Å². The van der Waals surface area contributed by atoms with Gasteiger partial charge in [-0.3, -0.25) is 9.80 Å². The second kappa shape index (κ2) is 12.0. The van der Waals surface area contributed by atoms with Crippen molar-refractivity contribution in [1.29, 1.82) is 5.26 Å². The third-order valence-electron chi connectivity index (χ3n) is 6.70. The number of likely N-dealkylation sites (tertiary alicyclic amines) is 1. The SMILES string of the molecule is COc1cccc(S(=O)(=O)N2CCCN(C3CCN(Cc4cccc(C#N)c4)CC3)CC2)c1.Cl. The van der Waals surface area contributed by atoms with Crippen molar-refractivity contribution in [2.45, 2.75) is 36.7 Å². The van der Waals surface area contributed by atoms with Crippen LogP contribution in [0.15, 0.2) is 53.4 Å². The van der Waals surface area contributed by atoms with Crippen molar-refractivity contribution in [3.05, 3.63) is 59.7 Å². The first-order valence-corrected chi connectivity index (χ1v) is 13.0. The topological polar surface area (TPSA) is 76.9 Å². The molecule has 2 aliphatic rings. The Morgan fingerprint density at radius 3 is 2.50 bits per heavy atom. The first-order chi connectivity index (χ1) is 16.0. The molecule has 0 atom stereocenters. The first-order valence-electron chi connectivity index (χ1n) is 11.6. The van der Waals surface area contributed by atoms with Gasteiger partial charge in [0.15, 0.2) is 0 Å². The number of nitrogens with zero attached hydrogens (tertiary/aromatic N) is 4. The number of hydrogen-bond donors (Lipinski definition) is 0. The maximum absolute atomic E-state index is 13.2. The lowest BCUT2D eigenvalue weighted by Crippen LogP contribution is -2.46. The molecule has 184 valence electrons. The van der Waals surface area contributed by atoms with Crippen molar-refractivity contribution in [2.75, 3.05) is 46.4 Å². The average Bonchev–Trinajstić information content (AvgIpc) is 3.12. The molecule has 0 unspecified atom stereocenters. The molecule has 2 heterocycles. The summed E-state index contributed by atoms with van der Waals surface area (Å²) in [7, 11) is -1.98. The molecule has 0 N–H and O–H groups in total. The summed E-state index contributed by atoms with van der Waals surface area (Å²) in [6, 6.07) is 17.3. The second-order valence-corrected chi connectivity index (χ2v) is 10.7. The zero-order chi connectivity index (χ0) is 23.3. The van der Waals surface area contributed by atoms with Gasteiger partial charge in [-0.1, -0.05) is 18.2 Å². The molecular weight excluding hydrogens is 472 g/mol. The zero-order valence-corrected chi connectivity index (χ0v) is 21.2. The van der Waals surface area contributed by atoms with Crippen LogP contribution in [0.4, 0.5) is 0 Å². The maximum Gasteiger partial charge on any atom is 0.243 e. The summed E-state index contributed by atoms with van der Waals surface area (Å²) in [5.74, 6) is 0.554. The highest BCUT2D eigenvalue weighted by molar-refractivity contribution is 7.89. The highest BCUT2D eigenvalue weighted by Gasteiger charge is 2.30. The van der Waals surface area contributed by atoms with Crippen molar-refractivity contribution in [3.8, 4) is 11.8 Å². The summed E-state index contributed by atoms with van der Waals surface area (Å²) in [5, 5.41) is 9.11. The molecule has 0 saturated carbocycles. The van der Waals surface area contributed by atoms with E-state index in [1.165, 1.54) is 5.56 Å². The highest BCUT2D eigenvalue weighted by Crippen LogP contribution is 2.24. The minimum absolute atomic E-state index is 0. The normalized spacial score (nSPS) is 19.1. The summed E-state index contributed by atoms with van der Waals surface area (Å²) >= 11 is 0. The first kappa shape index (κ1) is 26.5. The third kappa shape index (κ3) is 6.29. The molecule has 2 aliphatic heterocycles. The van der Waals surface area contributed by atoms with Crippen LogP contribution in [0.2, 0.25) is 0 Å². The number of rotatable bonds is 6. The van der Waals surface area contributed by atoms with Gasteiger partial charge in [0.25, 0.3) is 0 Å². The summed E-state index contributed by atoms with van der Waals surface area (Å²) in [5.41, 5.74) is 1.89. The van der Waals surface area contributed by atoms with E-state index in [-0.39, 0.29) is 12.4 Å². The van der Waals surface area contributed by atoms with Crippen LogP contribution in [0.1, 0.15) is 30.4 Å². The Hall–Kier alpha value is -2.15. The van der Waals surface area contributed by atoms with Crippen LogP contribution in [0.5, 0.6) is 5.75 Å². The second-order valence-electron chi connectivity index (χ2n) is 8.79. The summed E-state index contributed by atoms with van der Waals surface area (Å²) in [4.78, 5) is 5.23. The molecule has 4 rings (SSSR count). The van der Waals surface area contributed by atoms with Crippen molar-refractivity contribution in [3.63, 3.8) is 0 Å². The Morgan fingerprint density at radius 2 is 1.76 bits per heavy atom. The van der Waals surface area contributed by atoms with Gasteiger partial charge in [-0.05, 0) is 68.7 Å². The Labute approximate surface area is 209 Å². The van der Waals surface area contributed by atoms with Gasteiger partial charge in [-0.2, -0.15) is 9.57 Å². The Bertz CT molecular complexity index is 1100. The van der Waals surface area contributed by atoms with Crippen LogP contribution in [-0.2, 0) is 16.6 Å². The largest absolute Gasteiger partial charge is 0.497 e. The van der Waals surface area contributed by atoms with Gasteiger partial charge >= 0.3 is 0 Å². The quantitative estimate of drug-likeness (QED) is 0.600. The van der Waals surface area contributed by atoms with E-state index in [0.29, 0.717) is 35.3 Å². The van der Waals surface area contributed by atoms with Crippen LogP contribution in [-0.4, -0.2) is 74.9 Å². The van der Waals surface area contributed by atoms with Crippen LogP contribution in [0.25, 0.3) is 0 Å². The Balaban J connectivity index is 0.00000324. The zero-order valence-electron chi connectivity index (χ0n) is 19.6. The number of sulfonamides is 1. The van der Waals surface area contributed by atoms with Gasteiger partial charge in [0, 0.05) is 38.3 Å². The summed E-state index contributed by atoms with van der Waals surface area (Å²) in [6.07, 6.45) is 3.01. The lowest BCUT2D eigenvalue weighted by molar-refractivity contribution is 0.108. The molecule has 7 nitrogen and oxygen atoms in total. The number of ether oxygens (including phenoxy) is 1. The minimum Gasteiger partial charge on any atom is -0.497 e. The van der Waals surface area contributed by atoms with E-state index in [4.69, 9.17) is 10.00 Å². The monoisotopic (exact) mass is 504 g/mol. The molecule has 34 heavy (non-hydrogen) atoms. The van der Waals surface area contributed by atoms with E-state index in [1.807, 2.05) is 18.2 Å². The molecule has 2 aromatic carbocycles. The average molecular weight is 505 g/mol.